The van der Waals surface area contributed by atoms with Crippen molar-refractivity contribution < 1.29 is 4.74 Å². The SMILES string of the molecule is CNCCC(OC)c1ccc(C)cc1. The van der Waals surface area contributed by atoms with Crippen LogP contribution in [0.15, 0.2) is 24.3 Å². The summed E-state index contributed by atoms with van der Waals surface area (Å²) in [5, 5.41) is 3.13. The minimum absolute atomic E-state index is 0.211. The Balaban J connectivity index is 2.64. The molecule has 1 unspecified atom stereocenters. The topological polar surface area (TPSA) is 21.3 Å². The summed E-state index contributed by atoms with van der Waals surface area (Å²) >= 11 is 0. The molecule has 0 saturated carbocycles. The largest absolute Gasteiger partial charge is 0.377 e. The molecular weight excluding hydrogens is 174 g/mol. The maximum atomic E-state index is 5.44. The summed E-state index contributed by atoms with van der Waals surface area (Å²) in [4.78, 5) is 0. The number of rotatable bonds is 5. The molecule has 0 bridgehead atoms. The van der Waals surface area contributed by atoms with Gasteiger partial charge in [-0.05, 0) is 32.5 Å². The quantitative estimate of drug-likeness (QED) is 0.774. The smallest absolute Gasteiger partial charge is 0.0833 e. The molecule has 0 amide bonds. The summed E-state index contributed by atoms with van der Waals surface area (Å²) in [6.07, 6.45) is 1.22. The molecule has 1 atom stereocenters. The molecule has 0 fully saturated rings. The Morgan fingerprint density at radius 1 is 1.29 bits per heavy atom. The minimum atomic E-state index is 0.211. The van der Waals surface area contributed by atoms with Crippen molar-refractivity contribution in [1.29, 1.82) is 0 Å². The molecule has 14 heavy (non-hydrogen) atoms. The van der Waals surface area contributed by atoms with Crippen molar-refractivity contribution in [3.8, 4) is 0 Å². The van der Waals surface area contributed by atoms with Crippen LogP contribution in [0.25, 0.3) is 0 Å². The molecule has 1 aromatic carbocycles. The van der Waals surface area contributed by atoms with Crippen LogP contribution in [0.3, 0.4) is 0 Å². The molecule has 0 aliphatic carbocycles. The molecule has 1 aromatic rings. The van der Waals surface area contributed by atoms with E-state index in [1.54, 1.807) is 7.11 Å². The third-order valence-electron chi connectivity index (χ3n) is 2.39. The zero-order valence-electron chi connectivity index (χ0n) is 9.21. The van der Waals surface area contributed by atoms with Crippen molar-refractivity contribution in [3.63, 3.8) is 0 Å². The monoisotopic (exact) mass is 193 g/mol. The second kappa shape index (κ2) is 5.78. The van der Waals surface area contributed by atoms with Gasteiger partial charge in [0.2, 0.25) is 0 Å². The maximum absolute atomic E-state index is 5.44. The lowest BCUT2D eigenvalue weighted by atomic mass is 10.0. The number of hydrogen-bond donors (Lipinski definition) is 1. The van der Waals surface area contributed by atoms with Gasteiger partial charge in [0, 0.05) is 7.11 Å². The zero-order valence-corrected chi connectivity index (χ0v) is 9.21. The molecule has 78 valence electrons. The van der Waals surface area contributed by atoms with Gasteiger partial charge in [-0.3, -0.25) is 0 Å². The summed E-state index contributed by atoms with van der Waals surface area (Å²) in [5.41, 5.74) is 2.55. The standard InChI is InChI=1S/C12H19NO/c1-10-4-6-11(7-5-10)12(14-3)8-9-13-2/h4-7,12-13H,8-9H2,1-3H3. The normalized spacial score (nSPS) is 12.8. The number of benzene rings is 1. The number of aryl methyl sites for hydroxylation is 1. The van der Waals surface area contributed by atoms with Crippen LogP contribution in [0, 0.1) is 6.92 Å². The van der Waals surface area contributed by atoms with Crippen LogP contribution in [0.5, 0.6) is 0 Å². The summed E-state index contributed by atoms with van der Waals surface area (Å²) in [6, 6.07) is 8.53. The van der Waals surface area contributed by atoms with Gasteiger partial charge in [-0.1, -0.05) is 29.8 Å². The third-order valence-corrected chi connectivity index (χ3v) is 2.39. The molecule has 0 aliphatic heterocycles. The molecule has 0 spiro atoms. The third kappa shape index (κ3) is 3.13. The fraction of sp³-hybridized carbons (Fsp3) is 0.500. The Kier molecular flexibility index (Phi) is 4.63. The zero-order chi connectivity index (χ0) is 10.4. The first kappa shape index (κ1) is 11.2. The van der Waals surface area contributed by atoms with E-state index in [9.17, 15) is 0 Å². The molecule has 0 aromatic heterocycles. The van der Waals surface area contributed by atoms with Gasteiger partial charge in [0.15, 0.2) is 0 Å². The molecule has 0 heterocycles. The lowest BCUT2D eigenvalue weighted by Crippen LogP contribution is -2.13. The first-order chi connectivity index (χ1) is 6.77. The van der Waals surface area contributed by atoms with E-state index in [0.29, 0.717) is 0 Å². The first-order valence-electron chi connectivity index (χ1n) is 5.02. The second-order valence-electron chi connectivity index (χ2n) is 3.53. The first-order valence-corrected chi connectivity index (χ1v) is 5.02. The number of methoxy groups -OCH3 is 1. The number of ether oxygens (including phenoxy) is 1. The van der Waals surface area contributed by atoms with Gasteiger partial charge in [-0.15, -0.1) is 0 Å². The molecule has 0 saturated heterocycles. The van der Waals surface area contributed by atoms with E-state index < -0.39 is 0 Å². The average Bonchev–Trinajstić information content (AvgIpc) is 2.21. The van der Waals surface area contributed by atoms with Crippen molar-refractivity contribution in [3.05, 3.63) is 35.4 Å². The molecule has 0 aliphatic rings. The van der Waals surface area contributed by atoms with Crippen molar-refractivity contribution >= 4 is 0 Å². The maximum Gasteiger partial charge on any atom is 0.0833 e. The van der Waals surface area contributed by atoms with Crippen molar-refractivity contribution in [2.24, 2.45) is 0 Å². The second-order valence-corrected chi connectivity index (χ2v) is 3.53. The van der Waals surface area contributed by atoms with E-state index in [1.807, 2.05) is 7.05 Å². The predicted octanol–water partition coefficient (Wildman–Crippen LogP) is 2.29. The van der Waals surface area contributed by atoms with E-state index in [1.165, 1.54) is 11.1 Å². The Hall–Kier alpha value is -0.860. The summed E-state index contributed by atoms with van der Waals surface area (Å²) in [5.74, 6) is 0. The molecule has 1 rings (SSSR count). The van der Waals surface area contributed by atoms with Crippen molar-refractivity contribution in [2.75, 3.05) is 20.7 Å². The van der Waals surface area contributed by atoms with Gasteiger partial charge in [-0.2, -0.15) is 0 Å². The number of hydrogen-bond acceptors (Lipinski definition) is 2. The van der Waals surface area contributed by atoms with Gasteiger partial charge in [0.1, 0.15) is 0 Å². The van der Waals surface area contributed by atoms with Crippen LogP contribution in [-0.4, -0.2) is 20.7 Å². The highest BCUT2D eigenvalue weighted by molar-refractivity contribution is 5.23. The molecule has 2 heteroatoms. The van der Waals surface area contributed by atoms with Crippen LogP contribution in [0.2, 0.25) is 0 Å². The highest BCUT2D eigenvalue weighted by atomic mass is 16.5. The van der Waals surface area contributed by atoms with Gasteiger partial charge in [0.25, 0.3) is 0 Å². The Morgan fingerprint density at radius 3 is 2.43 bits per heavy atom. The van der Waals surface area contributed by atoms with Gasteiger partial charge >= 0.3 is 0 Å². The molecule has 2 nitrogen and oxygen atoms in total. The van der Waals surface area contributed by atoms with Crippen LogP contribution < -0.4 is 5.32 Å². The average molecular weight is 193 g/mol. The van der Waals surface area contributed by atoms with Crippen LogP contribution in [0.1, 0.15) is 23.7 Å². The fourth-order valence-corrected chi connectivity index (χ4v) is 1.48. The summed E-state index contributed by atoms with van der Waals surface area (Å²) in [6.45, 7) is 3.07. The van der Waals surface area contributed by atoms with E-state index in [4.69, 9.17) is 4.74 Å². The van der Waals surface area contributed by atoms with Crippen LogP contribution >= 0.6 is 0 Å². The van der Waals surface area contributed by atoms with E-state index in [0.717, 1.165) is 13.0 Å². The van der Waals surface area contributed by atoms with E-state index in [-0.39, 0.29) is 6.10 Å². The lowest BCUT2D eigenvalue weighted by Gasteiger charge is -2.15. The molecular formula is C12H19NO. The highest BCUT2D eigenvalue weighted by Crippen LogP contribution is 2.19. The molecule has 1 N–H and O–H groups in total. The van der Waals surface area contributed by atoms with Crippen LogP contribution in [0.4, 0.5) is 0 Å². The Labute approximate surface area is 86.3 Å². The van der Waals surface area contributed by atoms with Gasteiger partial charge in [-0.25, -0.2) is 0 Å². The molecule has 0 radical (unpaired) electrons. The van der Waals surface area contributed by atoms with Gasteiger partial charge < -0.3 is 10.1 Å². The summed E-state index contributed by atoms with van der Waals surface area (Å²) < 4.78 is 5.44. The Bertz CT molecular complexity index is 256. The highest BCUT2D eigenvalue weighted by Gasteiger charge is 2.08. The fourth-order valence-electron chi connectivity index (χ4n) is 1.48. The van der Waals surface area contributed by atoms with E-state index >= 15 is 0 Å². The Morgan fingerprint density at radius 2 is 1.93 bits per heavy atom. The van der Waals surface area contributed by atoms with Crippen molar-refractivity contribution in [1.82, 2.24) is 5.32 Å². The predicted molar refractivity (Wildman–Crippen MR) is 59.5 cm³/mol. The van der Waals surface area contributed by atoms with E-state index in [2.05, 4.69) is 36.5 Å². The van der Waals surface area contributed by atoms with Gasteiger partial charge in [0.05, 0.1) is 6.10 Å². The minimum Gasteiger partial charge on any atom is -0.377 e. The number of nitrogens with one attached hydrogen (secondary N) is 1. The van der Waals surface area contributed by atoms with Crippen molar-refractivity contribution in [2.45, 2.75) is 19.4 Å². The summed E-state index contributed by atoms with van der Waals surface area (Å²) in [7, 11) is 3.72. The van der Waals surface area contributed by atoms with Crippen LogP contribution in [-0.2, 0) is 4.74 Å². The lowest BCUT2D eigenvalue weighted by molar-refractivity contribution is 0.0961.